The van der Waals surface area contributed by atoms with E-state index in [0.29, 0.717) is 5.39 Å². The molecule has 0 saturated carbocycles. The predicted octanol–water partition coefficient (Wildman–Crippen LogP) is 1.77. The van der Waals surface area contributed by atoms with Gasteiger partial charge < -0.3 is 0 Å². The molecular formula is C8H5FN2. The van der Waals surface area contributed by atoms with Gasteiger partial charge in [0.1, 0.15) is 5.82 Å². The lowest BCUT2D eigenvalue weighted by Crippen LogP contribution is -1.82. The van der Waals surface area contributed by atoms with Crippen molar-refractivity contribution in [2.24, 2.45) is 0 Å². The maximum atomic E-state index is 12.9. The number of hydrogen-bond donors (Lipinski definition) is 0. The second-order valence-electron chi connectivity index (χ2n) is 2.23. The molecule has 0 unspecified atom stereocenters. The highest BCUT2D eigenvalue weighted by atomic mass is 19.1. The molecule has 0 N–H and O–H groups in total. The van der Waals surface area contributed by atoms with Crippen molar-refractivity contribution in [1.29, 1.82) is 0 Å². The van der Waals surface area contributed by atoms with Gasteiger partial charge in [0.25, 0.3) is 0 Å². The molecule has 0 atom stereocenters. The first-order valence-corrected chi connectivity index (χ1v) is 3.23. The van der Waals surface area contributed by atoms with Gasteiger partial charge in [0, 0.05) is 10.8 Å². The lowest BCUT2D eigenvalue weighted by atomic mass is 10.2. The van der Waals surface area contributed by atoms with Gasteiger partial charge in [-0.2, -0.15) is 10.2 Å². The van der Waals surface area contributed by atoms with Gasteiger partial charge in [0.2, 0.25) is 0 Å². The minimum atomic E-state index is -0.252. The van der Waals surface area contributed by atoms with Crippen molar-refractivity contribution < 1.29 is 4.39 Å². The van der Waals surface area contributed by atoms with E-state index in [9.17, 15) is 4.39 Å². The Morgan fingerprint density at radius 3 is 2.73 bits per heavy atom. The zero-order valence-corrected chi connectivity index (χ0v) is 5.66. The van der Waals surface area contributed by atoms with Crippen molar-refractivity contribution in [3.63, 3.8) is 0 Å². The summed E-state index contributed by atoms with van der Waals surface area (Å²) in [5, 5.41) is 8.52. The van der Waals surface area contributed by atoms with Crippen molar-refractivity contribution in [3.05, 3.63) is 36.4 Å². The van der Waals surface area contributed by atoms with Crippen LogP contribution in [0.25, 0.3) is 10.8 Å². The highest BCUT2D eigenvalue weighted by Gasteiger charge is 1.97. The Labute approximate surface area is 62.7 Å². The summed E-state index contributed by atoms with van der Waals surface area (Å²) in [7, 11) is 0. The number of rotatable bonds is 0. The first kappa shape index (κ1) is 6.22. The van der Waals surface area contributed by atoms with Gasteiger partial charge in [-0.25, -0.2) is 4.39 Å². The van der Waals surface area contributed by atoms with Crippen molar-refractivity contribution in [2.75, 3.05) is 0 Å². The van der Waals surface area contributed by atoms with Crippen LogP contribution in [0.2, 0.25) is 0 Å². The van der Waals surface area contributed by atoms with Crippen LogP contribution in [0.5, 0.6) is 0 Å². The molecule has 0 spiro atoms. The molecule has 0 fully saturated rings. The quantitative estimate of drug-likeness (QED) is 0.569. The van der Waals surface area contributed by atoms with Crippen molar-refractivity contribution >= 4 is 10.8 Å². The van der Waals surface area contributed by atoms with Gasteiger partial charge in [0.05, 0.1) is 12.4 Å². The van der Waals surface area contributed by atoms with Gasteiger partial charge in [-0.3, -0.25) is 0 Å². The summed E-state index contributed by atoms with van der Waals surface area (Å²) in [5.41, 5.74) is 0. The second-order valence-corrected chi connectivity index (χ2v) is 2.23. The molecule has 0 bridgehead atoms. The van der Waals surface area contributed by atoms with Crippen molar-refractivity contribution in [3.8, 4) is 0 Å². The number of fused-ring (bicyclic) bond motifs is 1. The highest BCUT2D eigenvalue weighted by molar-refractivity contribution is 5.80. The third-order valence-corrected chi connectivity index (χ3v) is 1.54. The molecule has 0 aliphatic rings. The standard InChI is InChI=1S/C8H5FN2/c9-8-3-1-2-6-4-10-11-5-7(6)8/h1-5H. The zero-order valence-electron chi connectivity index (χ0n) is 5.66. The number of benzene rings is 1. The van der Waals surface area contributed by atoms with E-state index in [1.54, 1.807) is 18.3 Å². The lowest BCUT2D eigenvalue weighted by molar-refractivity contribution is 0.639. The molecule has 11 heavy (non-hydrogen) atoms. The van der Waals surface area contributed by atoms with Crippen molar-refractivity contribution in [2.45, 2.75) is 0 Å². The van der Waals surface area contributed by atoms with Crippen LogP contribution >= 0.6 is 0 Å². The number of aromatic nitrogens is 2. The van der Waals surface area contributed by atoms with E-state index in [1.807, 2.05) is 0 Å². The molecular weight excluding hydrogens is 143 g/mol. The van der Waals surface area contributed by atoms with Crippen LogP contribution in [-0.4, -0.2) is 10.2 Å². The second kappa shape index (κ2) is 2.27. The molecule has 2 rings (SSSR count). The topological polar surface area (TPSA) is 25.8 Å². The molecule has 54 valence electrons. The highest BCUT2D eigenvalue weighted by Crippen LogP contribution is 2.13. The third kappa shape index (κ3) is 0.941. The van der Waals surface area contributed by atoms with E-state index < -0.39 is 0 Å². The maximum absolute atomic E-state index is 12.9. The van der Waals surface area contributed by atoms with Gasteiger partial charge in [-0.05, 0) is 6.07 Å². The summed E-state index contributed by atoms with van der Waals surface area (Å²) >= 11 is 0. The van der Waals surface area contributed by atoms with Crippen LogP contribution in [0.3, 0.4) is 0 Å². The predicted molar refractivity (Wildman–Crippen MR) is 39.5 cm³/mol. The maximum Gasteiger partial charge on any atom is 0.132 e. The average Bonchev–Trinajstić information content (AvgIpc) is 2.06. The van der Waals surface area contributed by atoms with Crippen LogP contribution in [0, 0.1) is 5.82 Å². The molecule has 2 aromatic rings. The minimum absolute atomic E-state index is 0.252. The number of halogens is 1. The summed E-state index contributed by atoms with van der Waals surface area (Å²) in [6.45, 7) is 0. The Kier molecular flexibility index (Phi) is 1.28. The van der Waals surface area contributed by atoms with Gasteiger partial charge >= 0.3 is 0 Å². The van der Waals surface area contributed by atoms with E-state index in [2.05, 4.69) is 10.2 Å². The molecule has 1 aromatic heterocycles. The normalized spacial score (nSPS) is 10.3. The molecule has 0 aliphatic carbocycles. The van der Waals surface area contributed by atoms with Crippen LogP contribution in [0.1, 0.15) is 0 Å². The molecule has 1 aromatic carbocycles. The van der Waals surface area contributed by atoms with E-state index in [0.717, 1.165) is 5.39 Å². The smallest absolute Gasteiger partial charge is 0.132 e. The lowest BCUT2D eigenvalue weighted by Gasteiger charge is -1.94. The average molecular weight is 148 g/mol. The van der Waals surface area contributed by atoms with Crippen molar-refractivity contribution in [1.82, 2.24) is 10.2 Å². The molecule has 0 saturated heterocycles. The summed E-state index contributed by atoms with van der Waals surface area (Å²) in [6, 6.07) is 4.86. The largest absolute Gasteiger partial charge is 0.206 e. The summed E-state index contributed by atoms with van der Waals surface area (Å²) in [4.78, 5) is 0. The Morgan fingerprint density at radius 1 is 1.09 bits per heavy atom. The van der Waals surface area contributed by atoms with Gasteiger partial charge in [0.15, 0.2) is 0 Å². The Hall–Kier alpha value is -1.51. The number of nitrogens with zero attached hydrogens (tertiary/aromatic N) is 2. The monoisotopic (exact) mass is 148 g/mol. The minimum Gasteiger partial charge on any atom is -0.206 e. The molecule has 0 aliphatic heterocycles. The van der Waals surface area contributed by atoms with Crippen LogP contribution in [-0.2, 0) is 0 Å². The molecule has 0 amide bonds. The molecule has 0 radical (unpaired) electrons. The third-order valence-electron chi connectivity index (χ3n) is 1.54. The summed E-state index contributed by atoms with van der Waals surface area (Å²) in [6.07, 6.45) is 2.96. The Bertz CT molecular complexity index is 381. The van der Waals surface area contributed by atoms with Crippen LogP contribution < -0.4 is 0 Å². The number of hydrogen-bond acceptors (Lipinski definition) is 2. The first-order chi connectivity index (χ1) is 5.38. The fourth-order valence-corrected chi connectivity index (χ4v) is 0.989. The Morgan fingerprint density at radius 2 is 1.91 bits per heavy atom. The van der Waals surface area contributed by atoms with E-state index >= 15 is 0 Å². The first-order valence-electron chi connectivity index (χ1n) is 3.23. The van der Waals surface area contributed by atoms with Gasteiger partial charge in [-0.15, -0.1) is 0 Å². The molecule has 1 heterocycles. The van der Waals surface area contributed by atoms with E-state index in [-0.39, 0.29) is 5.82 Å². The fraction of sp³-hybridized carbons (Fsp3) is 0. The zero-order chi connectivity index (χ0) is 7.68. The van der Waals surface area contributed by atoms with Gasteiger partial charge in [-0.1, -0.05) is 12.1 Å². The molecule has 3 heteroatoms. The van der Waals surface area contributed by atoms with Crippen LogP contribution in [0.4, 0.5) is 4.39 Å². The SMILES string of the molecule is Fc1cccc2cnncc12. The van der Waals surface area contributed by atoms with E-state index in [1.165, 1.54) is 12.3 Å². The fourth-order valence-electron chi connectivity index (χ4n) is 0.989. The van der Waals surface area contributed by atoms with E-state index in [4.69, 9.17) is 0 Å². The van der Waals surface area contributed by atoms with Crippen LogP contribution in [0.15, 0.2) is 30.6 Å². The summed E-state index contributed by atoms with van der Waals surface area (Å²) < 4.78 is 12.9. The summed E-state index contributed by atoms with van der Waals surface area (Å²) in [5.74, 6) is -0.252. The molecule has 2 nitrogen and oxygen atoms in total. The Balaban J connectivity index is 2.91.